The molecule has 0 aliphatic carbocycles. The molecular formula is C12H10ClFINS. The molecule has 90 valence electrons. The van der Waals surface area contributed by atoms with Crippen molar-refractivity contribution < 1.29 is 4.39 Å². The van der Waals surface area contributed by atoms with Crippen LogP contribution in [0.2, 0.25) is 5.02 Å². The van der Waals surface area contributed by atoms with E-state index in [9.17, 15) is 4.39 Å². The molecular weight excluding hydrogens is 372 g/mol. The topological polar surface area (TPSA) is 12.0 Å². The average molecular weight is 382 g/mol. The third-order valence-electron chi connectivity index (χ3n) is 2.48. The molecule has 1 nitrogen and oxygen atoms in total. The average Bonchev–Trinajstić information content (AvgIpc) is 2.71. The number of halogens is 3. The molecule has 0 fully saturated rings. The molecule has 0 saturated heterocycles. The predicted octanol–water partition coefficient (Wildman–Crippen LogP) is 4.45. The molecule has 1 aromatic carbocycles. The van der Waals surface area contributed by atoms with Crippen LogP contribution in [-0.2, 0) is 0 Å². The summed E-state index contributed by atoms with van der Waals surface area (Å²) in [6.07, 6.45) is 0. The minimum Gasteiger partial charge on any atom is -0.309 e. The van der Waals surface area contributed by atoms with Gasteiger partial charge in [-0.05, 0) is 70.4 Å². The zero-order valence-electron chi connectivity index (χ0n) is 9.01. The lowest BCUT2D eigenvalue weighted by Crippen LogP contribution is -2.17. The first-order chi connectivity index (χ1) is 8.11. The maximum atomic E-state index is 13.3. The lowest BCUT2D eigenvalue weighted by Gasteiger charge is -2.17. The van der Waals surface area contributed by atoms with Gasteiger partial charge >= 0.3 is 0 Å². The highest BCUT2D eigenvalue weighted by Gasteiger charge is 2.17. The van der Waals surface area contributed by atoms with Gasteiger partial charge in [0.2, 0.25) is 0 Å². The maximum Gasteiger partial charge on any atom is 0.123 e. The summed E-state index contributed by atoms with van der Waals surface area (Å²) < 4.78 is 14.5. The van der Waals surface area contributed by atoms with Crippen molar-refractivity contribution in [3.05, 3.63) is 54.5 Å². The van der Waals surface area contributed by atoms with E-state index in [0.29, 0.717) is 5.02 Å². The first kappa shape index (κ1) is 13.3. The molecule has 0 spiro atoms. The summed E-state index contributed by atoms with van der Waals surface area (Å²) in [5, 5.41) is 5.80. The molecule has 17 heavy (non-hydrogen) atoms. The van der Waals surface area contributed by atoms with Crippen LogP contribution in [0.5, 0.6) is 0 Å². The third-order valence-corrected chi connectivity index (χ3v) is 4.63. The number of thiophene rings is 1. The Morgan fingerprint density at radius 3 is 2.76 bits per heavy atom. The van der Waals surface area contributed by atoms with Crippen molar-refractivity contribution in [2.75, 3.05) is 7.05 Å². The molecule has 0 amide bonds. The number of nitrogens with one attached hydrogen (secondary N) is 1. The Hall–Kier alpha value is -0.170. The summed E-state index contributed by atoms with van der Waals surface area (Å²) in [7, 11) is 1.84. The number of hydrogen-bond donors (Lipinski definition) is 1. The molecule has 0 bridgehead atoms. The van der Waals surface area contributed by atoms with Crippen LogP contribution in [-0.4, -0.2) is 7.05 Å². The highest BCUT2D eigenvalue weighted by atomic mass is 127. The lowest BCUT2D eigenvalue weighted by molar-refractivity contribution is 0.617. The fourth-order valence-electron chi connectivity index (χ4n) is 1.71. The molecule has 1 unspecified atom stereocenters. The largest absolute Gasteiger partial charge is 0.309 e. The second kappa shape index (κ2) is 5.65. The van der Waals surface area contributed by atoms with Gasteiger partial charge in [0.05, 0.1) is 8.93 Å². The van der Waals surface area contributed by atoms with E-state index >= 15 is 0 Å². The van der Waals surface area contributed by atoms with Crippen molar-refractivity contribution in [1.82, 2.24) is 5.32 Å². The van der Waals surface area contributed by atoms with Crippen molar-refractivity contribution >= 4 is 45.5 Å². The molecule has 1 atom stereocenters. The van der Waals surface area contributed by atoms with Crippen molar-refractivity contribution in [2.45, 2.75) is 6.04 Å². The Morgan fingerprint density at radius 2 is 2.18 bits per heavy atom. The zero-order valence-corrected chi connectivity index (χ0v) is 12.7. The minimum absolute atomic E-state index is 0.0713. The second-order valence-corrected chi connectivity index (χ2v) is 6.78. The van der Waals surface area contributed by atoms with E-state index in [4.69, 9.17) is 11.6 Å². The summed E-state index contributed by atoms with van der Waals surface area (Å²) in [6.45, 7) is 0. The number of benzene rings is 1. The van der Waals surface area contributed by atoms with Crippen LogP contribution in [0.4, 0.5) is 4.39 Å². The molecule has 0 aliphatic rings. The minimum atomic E-state index is -0.269. The highest BCUT2D eigenvalue weighted by Crippen LogP contribution is 2.31. The van der Waals surface area contributed by atoms with Gasteiger partial charge in [0.15, 0.2) is 0 Å². The Balaban J connectivity index is 2.45. The van der Waals surface area contributed by atoms with E-state index in [1.807, 2.05) is 7.05 Å². The Morgan fingerprint density at radius 1 is 1.41 bits per heavy atom. The smallest absolute Gasteiger partial charge is 0.123 e. The number of rotatable bonds is 3. The Bertz CT molecular complexity index is 529. The Kier molecular flexibility index (Phi) is 4.41. The molecule has 1 aromatic heterocycles. The van der Waals surface area contributed by atoms with Gasteiger partial charge in [-0.1, -0.05) is 11.6 Å². The fourth-order valence-corrected chi connectivity index (χ4v) is 3.34. The third kappa shape index (κ3) is 2.99. The summed E-state index contributed by atoms with van der Waals surface area (Å²) in [5.74, 6) is -0.269. The lowest BCUT2D eigenvalue weighted by atomic mass is 10.0. The van der Waals surface area contributed by atoms with Gasteiger partial charge in [0, 0.05) is 5.02 Å². The zero-order chi connectivity index (χ0) is 12.4. The van der Waals surface area contributed by atoms with Gasteiger partial charge in [-0.3, -0.25) is 0 Å². The van der Waals surface area contributed by atoms with Crippen LogP contribution in [0, 0.1) is 8.70 Å². The molecule has 0 aliphatic heterocycles. The van der Waals surface area contributed by atoms with Crippen LogP contribution in [0.25, 0.3) is 0 Å². The summed E-state index contributed by atoms with van der Waals surface area (Å²) in [6, 6.07) is 6.45. The quantitative estimate of drug-likeness (QED) is 0.774. The summed E-state index contributed by atoms with van der Waals surface area (Å²) in [5.41, 5.74) is 1.87. The highest BCUT2D eigenvalue weighted by molar-refractivity contribution is 14.1. The van der Waals surface area contributed by atoms with Crippen LogP contribution in [0.1, 0.15) is 17.2 Å². The van der Waals surface area contributed by atoms with Gasteiger partial charge in [0.1, 0.15) is 5.82 Å². The van der Waals surface area contributed by atoms with E-state index in [2.05, 4.69) is 39.4 Å². The number of hydrogen-bond acceptors (Lipinski definition) is 2. The molecule has 5 heteroatoms. The normalized spacial score (nSPS) is 12.7. The molecule has 0 saturated carbocycles. The summed E-state index contributed by atoms with van der Waals surface area (Å²) >= 11 is 10.1. The SMILES string of the molecule is CNC(c1csc(I)c1)c1cc(F)ccc1Cl. The molecule has 1 N–H and O–H groups in total. The van der Waals surface area contributed by atoms with Gasteiger partial charge in [-0.25, -0.2) is 4.39 Å². The van der Waals surface area contributed by atoms with E-state index in [0.717, 1.165) is 11.1 Å². The summed E-state index contributed by atoms with van der Waals surface area (Å²) in [4.78, 5) is 0. The fraction of sp³-hybridized carbons (Fsp3) is 0.167. The van der Waals surface area contributed by atoms with Crippen LogP contribution < -0.4 is 5.32 Å². The first-order valence-corrected chi connectivity index (χ1v) is 7.31. The van der Waals surface area contributed by atoms with Crippen LogP contribution >= 0.6 is 45.5 Å². The predicted molar refractivity (Wildman–Crippen MR) is 79.3 cm³/mol. The van der Waals surface area contributed by atoms with Gasteiger partial charge in [-0.15, -0.1) is 11.3 Å². The van der Waals surface area contributed by atoms with Crippen molar-refractivity contribution in [2.24, 2.45) is 0 Å². The first-order valence-electron chi connectivity index (χ1n) is 4.98. The monoisotopic (exact) mass is 381 g/mol. The van der Waals surface area contributed by atoms with Gasteiger partial charge in [-0.2, -0.15) is 0 Å². The van der Waals surface area contributed by atoms with Gasteiger partial charge < -0.3 is 5.32 Å². The second-order valence-electron chi connectivity index (χ2n) is 3.57. The maximum absolute atomic E-state index is 13.3. The standard InChI is InChI=1S/C12H10ClFINS/c1-16-12(7-4-11(15)17-6-7)9-5-8(14)2-3-10(9)13/h2-6,12,16H,1H3. The van der Waals surface area contributed by atoms with Crippen molar-refractivity contribution in [1.29, 1.82) is 0 Å². The van der Waals surface area contributed by atoms with Crippen LogP contribution in [0.15, 0.2) is 29.6 Å². The molecule has 0 radical (unpaired) electrons. The molecule has 2 rings (SSSR count). The Labute approximate surface area is 122 Å². The van der Waals surface area contributed by atoms with Crippen molar-refractivity contribution in [3.8, 4) is 0 Å². The molecule has 2 aromatic rings. The van der Waals surface area contributed by atoms with E-state index in [-0.39, 0.29) is 11.9 Å². The van der Waals surface area contributed by atoms with Crippen molar-refractivity contribution in [3.63, 3.8) is 0 Å². The van der Waals surface area contributed by atoms with Gasteiger partial charge in [0.25, 0.3) is 0 Å². The van der Waals surface area contributed by atoms with Crippen LogP contribution in [0.3, 0.4) is 0 Å². The molecule has 1 heterocycles. The van der Waals surface area contributed by atoms with E-state index < -0.39 is 0 Å². The van der Waals surface area contributed by atoms with E-state index in [1.54, 1.807) is 17.4 Å². The van der Waals surface area contributed by atoms with E-state index in [1.165, 1.54) is 15.0 Å².